The Morgan fingerprint density at radius 3 is 2.24 bits per heavy atom. The molecule has 0 unspecified atom stereocenters. The van der Waals surface area contributed by atoms with Crippen LogP contribution in [0.5, 0.6) is 0 Å². The topological polar surface area (TPSA) is 114 Å². The van der Waals surface area contributed by atoms with Crippen LogP contribution in [-0.4, -0.2) is 55.5 Å². The fourth-order valence-corrected chi connectivity index (χ4v) is 5.01. The van der Waals surface area contributed by atoms with Gasteiger partial charge in [-0.05, 0) is 35.1 Å². The molecule has 2 amide bonds. The normalized spacial score (nSPS) is 20.0. The van der Waals surface area contributed by atoms with E-state index in [1.54, 1.807) is 0 Å². The number of aliphatic carboxylic acids is 1. The van der Waals surface area contributed by atoms with E-state index in [0.29, 0.717) is 12.8 Å². The zero-order valence-corrected chi connectivity index (χ0v) is 19.2. The number of carboxylic acids is 1. The number of rotatable bonds is 8. The van der Waals surface area contributed by atoms with Crippen molar-refractivity contribution in [3.8, 4) is 11.1 Å². The molecule has 0 radical (unpaired) electrons. The molecule has 2 aromatic carbocycles. The first kappa shape index (κ1) is 23.8. The Morgan fingerprint density at radius 2 is 1.62 bits per heavy atom. The fraction of sp³-hybridized carbons (Fsp3) is 0.423. The molecule has 3 atom stereocenters. The predicted octanol–water partition coefficient (Wildman–Crippen LogP) is 3.30. The van der Waals surface area contributed by atoms with Crippen LogP contribution in [0.15, 0.2) is 48.5 Å². The van der Waals surface area contributed by atoms with E-state index in [1.165, 1.54) is 7.11 Å². The van der Waals surface area contributed by atoms with Crippen LogP contribution in [0.4, 0.5) is 4.79 Å². The molecule has 2 aromatic rings. The summed E-state index contributed by atoms with van der Waals surface area (Å²) in [7, 11) is 1.43. The Kier molecular flexibility index (Phi) is 7.47. The van der Waals surface area contributed by atoms with Gasteiger partial charge in [-0.3, -0.25) is 9.59 Å². The van der Waals surface area contributed by atoms with Crippen molar-refractivity contribution in [2.24, 2.45) is 5.92 Å². The Morgan fingerprint density at radius 1 is 1.00 bits per heavy atom. The molecule has 0 saturated heterocycles. The molecule has 8 heteroatoms. The van der Waals surface area contributed by atoms with Gasteiger partial charge in [0, 0.05) is 19.1 Å². The van der Waals surface area contributed by atoms with Crippen LogP contribution >= 0.6 is 0 Å². The molecule has 3 N–H and O–H groups in total. The third-order valence-electron chi connectivity index (χ3n) is 6.70. The summed E-state index contributed by atoms with van der Waals surface area (Å²) >= 11 is 0. The third kappa shape index (κ3) is 5.07. The number of amides is 2. The molecule has 2 aliphatic rings. The minimum atomic E-state index is -0.989. The lowest BCUT2D eigenvalue weighted by Crippen LogP contribution is -2.54. The highest BCUT2D eigenvalue weighted by atomic mass is 16.5. The SMILES string of the molecule is COC[C@H](NC(=O)OCC1c2ccccc2-c2ccccc21)C(=O)N[C@H]1CCCC[C@H]1C(=O)O. The lowest BCUT2D eigenvalue weighted by Gasteiger charge is -2.30. The van der Waals surface area contributed by atoms with Crippen molar-refractivity contribution in [1.82, 2.24) is 10.6 Å². The van der Waals surface area contributed by atoms with E-state index >= 15 is 0 Å². The van der Waals surface area contributed by atoms with E-state index in [9.17, 15) is 19.5 Å². The number of alkyl carbamates (subject to hydrolysis) is 1. The van der Waals surface area contributed by atoms with Gasteiger partial charge in [-0.25, -0.2) is 4.79 Å². The first-order chi connectivity index (χ1) is 16.5. The van der Waals surface area contributed by atoms with Crippen LogP contribution in [0, 0.1) is 5.92 Å². The van der Waals surface area contributed by atoms with Gasteiger partial charge in [0.2, 0.25) is 5.91 Å². The van der Waals surface area contributed by atoms with Gasteiger partial charge in [0.1, 0.15) is 12.6 Å². The number of hydrogen-bond donors (Lipinski definition) is 3. The summed E-state index contributed by atoms with van der Waals surface area (Å²) in [6.45, 7) is 0.0748. The summed E-state index contributed by atoms with van der Waals surface area (Å²) in [4.78, 5) is 37.0. The second kappa shape index (κ2) is 10.7. The van der Waals surface area contributed by atoms with Crippen LogP contribution in [0.25, 0.3) is 11.1 Å². The van der Waals surface area contributed by atoms with Crippen molar-refractivity contribution < 1.29 is 29.0 Å². The van der Waals surface area contributed by atoms with Crippen LogP contribution in [-0.2, 0) is 19.1 Å². The van der Waals surface area contributed by atoms with Crippen molar-refractivity contribution in [3.05, 3.63) is 59.7 Å². The number of nitrogens with one attached hydrogen (secondary N) is 2. The van der Waals surface area contributed by atoms with E-state index in [2.05, 4.69) is 22.8 Å². The smallest absolute Gasteiger partial charge is 0.407 e. The lowest BCUT2D eigenvalue weighted by molar-refractivity contribution is -0.144. The summed E-state index contributed by atoms with van der Waals surface area (Å²) in [5.74, 6) is -2.12. The first-order valence-corrected chi connectivity index (χ1v) is 11.6. The molecule has 1 fully saturated rings. The Hall–Kier alpha value is -3.39. The van der Waals surface area contributed by atoms with E-state index in [0.717, 1.165) is 35.1 Å². The van der Waals surface area contributed by atoms with Crippen LogP contribution in [0.1, 0.15) is 42.7 Å². The molecule has 0 aliphatic heterocycles. The lowest BCUT2D eigenvalue weighted by atomic mass is 9.84. The highest BCUT2D eigenvalue weighted by molar-refractivity contribution is 5.86. The number of fused-ring (bicyclic) bond motifs is 3. The van der Waals surface area contributed by atoms with Crippen molar-refractivity contribution in [1.29, 1.82) is 0 Å². The summed E-state index contributed by atoms with van der Waals surface area (Å²) in [5, 5.41) is 14.8. The maximum Gasteiger partial charge on any atom is 0.407 e. The predicted molar refractivity (Wildman–Crippen MR) is 125 cm³/mol. The van der Waals surface area contributed by atoms with Gasteiger partial charge in [-0.2, -0.15) is 0 Å². The number of ether oxygens (including phenoxy) is 2. The van der Waals surface area contributed by atoms with Gasteiger partial charge in [0.15, 0.2) is 0 Å². The van der Waals surface area contributed by atoms with E-state index in [4.69, 9.17) is 9.47 Å². The highest BCUT2D eigenvalue weighted by Crippen LogP contribution is 2.44. The molecule has 0 bridgehead atoms. The summed E-state index contributed by atoms with van der Waals surface area (Å²) in [5.41, 5.74) is 4.45. The minimum absolute atomic E-state index is 0.0551. The molecule has 2 aliphatic carbocycles. The van der Waals surface area contributed by atoms with Crippen molar-refractivity contribution in [2.45, 2.75) is 43.7 Å². The molecule has 8 nitrogen and oxygen atoms in total. The molecule has 0 spiro atoms. The van der Waals surface area contributed by atoms with E-state index < -0.39 is 36.0 Å². The number of benzene rings is 2. The second-order valence-corrected chi connectivity index (χ2v) is 8.82. The minimum Gasteiger partial charge on any atom is -0.481 e. The van der Waals surface area contributed by atoms with Gasteiger partial charge >= 0.3 is 12.1 Å². The quantitative estimate of drug-likeness (QED) is 0.550. The van der Waals surface area contributed by atoms with Crippen LogP contribution in [0.3, 0.4) is 0 Å². The number of hydrogen-bond acceptors (Lipinski definition) is 5. The Labute approximate surface area is 198 Å². The molecular weight excluding hydrogens is 436 g/mol. The Bertz CT molecular complexity index is 1010. The molecule has 0 aromatic heterocycles. The van der Waals surface area contributed by atoms with Crippen LogP contribution < -0.4 is 10.6 Å². The maximum absolute atomic E-state index is 12.8. The summed E-state index contributed by atoms with van der Waals surface area (Å²) < 4.78 is 10.6. The largest absolute Gasteiger partial charge is 0.481 e. The molecule has 34 heavy (non-hydrogen) atoms. The Balaban J connectivity index is 1.38. The molecule has 4 rings (SSSR count). The molecule has 0 heterocycles. The van der Waals surface area contributed by atoms with E-state index in [-0.39, 0.29) is 19.1 Å². The van der Waals surface area contributed by atoms with Gasteiger partial charge in [-0.15, -0.1) is 0 Å². The number of carboxylic acid groups (broad SMARTS) is 1. The zero-order valence-electron chi connectivity index (χ0n) is 19.2. The summed E-state index contributed by atoms with van der Waals surface area (Å²) in [6, 6.07) is 14.6. The molecule has 1 saturated carbocycles. The standard InChI is InChI=1S/C26H30N2O6/c1-33-15-23(24(29)27-22-13-7-6-12-20(22)25(30)31)28-26(32)34-14-21-18-10-4-2-8-16(18)17-9-3-5-11-19(17)21/h2-5,8-11,20-23H,6-7,12-15H2,1H3,(H,27,29)(H,28,32)(H,30,31)/t20-,22+,23+/m1/s1. The number of carbonyl (C=O) groups excluding carboxylic acids is 2. The maximum atomic E-state index is 12.8. The average Bonchev–Trinajstić information content (AvgIpc) is 3.16. The fourth-order valence-electron chi connectivity index (χ4n) is 5.01. The van der Waals surface area contributed by atoms with Gasteiger partial charge in [-0.1, -0.05) is 61.4 Å². The first-order valence-electron chi connectivity index (χ1n) is 11.6. The third-order valence-corrected chi connectivity index (χ3v) is 6.70. The molecular formula is C26H30N2O6. The van der Waals surface area contributed by atoms with Gasteiger partial charge in [0.25, 0.3) is 0 Å². The second-order valence-electron chi connectivity index (χ2n) is 8.82. The van der Waals surface area contributed by atoms with Crippen molar-refractivity contribution in [3.63, 3.8) is 0 Å². The van der Waals surface area contributed by atoms with Crippen molar-refractivity contribution in [2.75, 3.05) is 20.3 Å². The van der Waals surface area contributed by atoms with Gasteiger partial charge < -0.3 is 25.2 Å². The summed E-state index contributed by atoms with van der Waals surface area (Å²) in [6.07, 6.45) is 2.06. The number of methoxy groups -OCH3 is 1. The average molecular weight is 467 g/mol. The number of carbonyl (C=O) groups is 3. The highest BCUT2D eigenvalue weighted by Gasteiger charge is 2.34. The van der Waals surface area contributed by atoms with Crippen molar-refractivity contribution >= 4 is 18.0 Å². The van der Waals surface area contributed by atoms with Gasteiger partial charge in [0.05, 0.1) is 12.5 Å². The zero-order chi connectivity index (χ0) is 24.1. The van der Waals surface area contributed by atoms with Crippen LogP contribution in [0.2, 0.25) is 0 Å². The monoisotopic (exact) mass is 466 g/mol. The molecule has 180 valence electrons. The van der Waals surface area contributed by atoms with E-state index in [1.807, 2.05) is 36.4 Å².